The van der Waals surface area contributed by atoms with Crippen LogP contribution in [0.4, 0.5) is 0 Å². The van der Waals surface area contributed by atoms with Gasteiger partial charge in [-0.05, 0) is 18.2 Å². The van der Waals surface area contributed by atoms with Gasteiger partial charge in [-0.25, -0.2) is 9.59 Å². The van der Waals surface area contributed by atoms with Crippen molar-refractivity contribution in [2.24, 2.45) is 0 Å². The molecule has 1 aromatic carbocycles. The summed E-state index contributed by atoms with van der Waals surface area (Å²) in [6.07, 6.45) is 0. The fourth-order valence-electron chi connectivity index (χ4n) is 1.34. The average Bonchev–Trinajstić information content (AvgIpc) is 2.36. The number of rotatable bonds is 5. The maximum Gasteiger partial charge on any atom is 0.361 e. The smallest absolute Gasteiger partial charge is 0.361 e. The van der Waals surface area contributed by atoms with Crippen LogP contribution in [0.25, 0.3) is 0 Å². The molecule has 0 saturated carbocycles. The molecule has 0 unspecified atom stereocenters. The van der Waals surface area contributed by atoms with E-state index in [4.69, 9.17) is 10.2 Å². The molecule has 0 aliphatic carbocycles. The summed E-state index contributed by atoms with van der Waals surface area (Å²) in [5.74, 6) is -2.62. The van der Waals surface area contributed by atoms with E-state index < -0.39 is 19.5 Å². The molecule has 8 heteroatoms. The summed E-state index contributed by atoms with van der Waals surface area (Å²) in [6.45, 7) is 0. The van der Waals surface area contributed by atoms with E-state index in [-0.39, 0.29) is 16.4 Å². The van der Waals surface area contributed by atoms with Crippen molar-refractivity contribution < 1.29 is 33.4 Å². The van der Waals surface area contributed by atoms with E-state index in [1.807, 2.05) is 0 Å². The number of hydrogen-bond donors (Lipinski definition) is 2. The molecule has 0 saturated heterocycles. The van der Waals surface area contributed by atoms with Gasteiger partial charge in [0.2, 0.25) is 0 Å². The zero-order valence-electron chi connectivity index (χ0n) is 9.61. The maximum absolute atomic E-state index is 12.2. The molecule has 0 aromatic heterocycles. The molecule has 0 amide bonds. The van der Waals surface area contributed by atoms with Gasteiger partial charge in [-0.3, -0.25) is 4.57 Å². The third-order valence-electron chi connectivity index (χ3n) is 2.25. The second-order valence-corrected chi connectivity index (χ2v) is 5.41. The van der Waals surface area contributed by atoms with E-state index >= 15 is 0 Å². The van der Waals surface area contributed by atoms with E-state index in [0.717, 1.165) is 32.4 Å². The third-order valence-corrected chi connectivity index (χ3v) is 4.17. The Hall–Kier alpha value is -1.69. The van der Waals surface area contributed by atoms with Crippen molar-refractivity contribution in [1.29, 1.82) is 0 Å². The van der Waals surface area contributed by atoms with Gasteiger partial charge >= 0.3 is 19.5 Å². The van der Waals surface area contributed by atoms with Crippen molar-refractivity contribution in [2.75, 3.05) is 14.2 Å². The highest BCUT2D eigenvalue weighted by Crippen LogP contribution is 2.46. The van der Waals surface area contributed by atoms with Crippen LogP contribution in [0, 0.1) is 0 Å². The Bertz CT molecular complexity index is 529. The van der Waals surface area contributed by atoms with Gasteiger partial charge in [0.15, 0.2) is 0 Å². The van der Waals surface area contributed by atoms with Crippen LogP contribution in [0.2, 0.25) is 0 Å². The molecule has 0 fully saturated rings. The minimum Gasteiger partial charge on any atom is -0.478 e. The Labute approximate surface area is 102 Å². The molecule has 1 aromatic rings. The summed E-state index contributed by atoms with van der Waals surface area (Å²) in [7, 11) is -1.66. The highest BCUT2D eigenvalue weighted by atomic mass is 31.2. The third kappa shape index (κ3) is 2.59. The van der Waals surface area contributed by atoms with Gasteiger partial charge in [-0.2, -0.15) is 0 Å². The van der Waals surface area contributed by atoms with E-state index in [1.54, 1.807) is 0 Å². The van der Waals surface area contributed by atoms with E-state index in [0.29, 0.717) is 0 Å². The Morgan fingerprint density at radius 3 is 2.06 bits per heavy atom. The van der Waals surface area contributed by atoms with Crippen LogP contribution in [0.1, 0.15) is 20.7 Å². The van der Waals surface area contributed by atoms with E-state index in [1.165, 1.54) is 0 Å². The van der Waals surface area contributed by atoms with Crippen molar-refractivity contribution in [3.8, 4) is 0 Å². The summed E-state index contributed by atoms with van der Waals surface area (Å²) in [4.78, 5) is 21.8. The normalized spacial score (nSPS) is 11.2. The van der Waals surface area contributed by atoms with Crippen LogP contribution < -0.4 is 5.30 Å². The SMILES string of the molecule is COP(=O)(OC)c1cc(C(=O)O)ccc1C(=O)O. The average molecular weight is 274 g/mol. The zero-order valence-corrected chi connectivity index (χ0v) is 10.5. The Morgan fingerprint density at radius 2 is 1.67 bits per heavy atom. The van der Waals surface area contributed by atoms with Crippen LogP contribution in [-0.4, -0.2) is 36.4 Å². The highest BCUT2D eigenvalue weighted by Gasteiger charge is 2.31. The monoisotopic (exact) mass is 274 g/mol. The van der Waals surface area contributed by atoms with Crippen molar-refractivity contribution in [3.63, 3.8) is 0 Å². The fraction of sp³-hybridized carbons (Fsp3) is 0.200. The first-order valence-electron chi connectivity index (χ1n) is 4.68. The predicted molar refractivity (Wildman–Crippen MR) is 61.6 cm³/mol. The molecule has 2 N–H and O–H groups in total. The van der Waals surface area contributed by atoms with Gasteiger partial charge in [-0.1, -0.05) is 0 Å². The van der Waals surface area contributed by atoms with E-state index in [2.05, 4.69) is 9.05 Å². The lowest BCUT2D eigenvalue weighted by Crippen LogP contribution is -2.19. The second-order valence-electron chi connectivity index (χ2n) is 3.20. The van der Waals surface area contributed by atoms with E-state index in [9.17, 15) is 14.2 Å². The summed E-state index contributed by atoms with van der Waals surface area (Å²) >= 11 is 0. The molecule has 1 rings (SSSR count). The first-order valence-corrected chi connectivity index (χ1v) is 6.22. The summed E-state index contributed by atoms with van der Waals surface area (Å²) in [5, 5.41) is 17.5. The van der Waals surface area contributed by atoms with Crippen molar-refractivity contribution >= 4 is 24.8 Å². The van der Waals surface area contributed by atoms with Crippen LogP contribution in [0.5, 0.6) is 0 Å². The standard InChI is InChI=1S/C10H11O7P/c1-16-18(15,17-2)8-5-6(9(11)12)3-4-7(8)10(13)14/h3-5H,1-2H3,(H,11,12)(H,13,14). The zero-order chi connectivity index (χ0) is 13.9. The fourth-order valence-corrected chi connectivity index (χ4v) is 2.65. The van der Waals surface area contributed by atoms with Crippen molar-refractivity contribution in [3.05, 3.63) is 29.3 Å². The molecule has 18 heavy (non-hydrogen) atoms. The lowest BCUT2D eigenvalue weighted by atomic mass is 10.1. The lowest BCUT2D eigenvalue weighted by molar-refractivity contribution is 0.0682. The second kappa shape index (κ2) is 5.30. The van der Waals surface area contributed by atoms with Gasteiger partial charge in [0.05, 0.1) is 16.4 Å². The number of aromatic carboxylic acids is 2. The van der Waals surface area contributed by atoms with Gasteiger partial charge in [0, 0.05) is 14.2 Å². The number of benzene rings is 1. The van der Waals surface area contributed by atoms with Gasteiger partial charge in [0.1, 0.15) is 0 Å². The predicted octanol–water partition coefficient (Wildman–Crippen LogP) is 1.19. The molecular weight excluding hydrogens is 263 g/mol. The largest absolute Gasteiger partial charge is 0.478 e. The van der Waals surface area contributed by atoms with Crippen LogP contribution in [0.15, 0.2) is 18.2 Å². The number of carboxylic acid groups (broad SMARTS) is 2. The molecule has 0 atom stereocenters. The van der Waals surface area contributed by atoms with Crippen LogP contribution in [-0.2, 0) is 13.6 Å². The summed E-state index contributed by atoms with van der Waals surface area (Å²) in [6, 6.07) is 3.12. The Balaban J connectivity index is 3.55. The lowest BCUT2D eigenvalue weighted by Gasteiger charge is -2.16. The van der Waals surface area contributed by atoms with Crippen molar-refractivity contribution in [1.82, 2.24) is 0 Å². The van der Waals surface area contributed by atoms with Crippen LogP contribution in [0.3, 0.4) is 0 Å². The topological polar surface area (TPSA) is 110 Å². The highest BCUT2D eigenvalue weighted by molar-refractivity contribution is 7.62. The molecule has 7 nitrogen and oxygen atoms in total. The number of hydrogen-bond acceptors (Lipinski definition) is 5. The number of carbonyl (C=O) groups is 2. The maximum atomic E-state index is 12.2. The van der Waals surface area contributed by atoms with Crippen molar-refractivity contribution in [2.45, 2.75) is 0 Å². The first kappa shape index (κ1) is 14.4. The Morgan fingerprint density at radius 1 is 1.11 bits per heavy atom. The van der Waals surface area contributed by atoms with Crippen LogP contribution >= 0.6 is 7.60 Å². The quantitative estimate of drug-likeness (QED) is 0.776. The molecule has 98 valence electrons. The first-order chi connectivity index (χ1) is 8.35. The number of carboxylic acids is 2. The summed E-state index contributed by atoms with van der Waals surface area (Å²) < 4.78 is 21.5. The van der Waals surface area contributed by atoms with Gasteiger partial charge in [-0.15, -0.1) is 0 Å². The molecule has 0 aliphatic heterocycles. The molecule has 0 heterocycles. The molecular formula is C10H11O7P. The molecule has 0 radical (unpaired) electrons. The minimum atomic E-state index is -3.84. The summed E-state index contributed by atoms with van der Waals surface area (Å²) in [5.41, 5.74) is -0.531. The van der Waals surface area contributed by atoms with Gasteiger partial charge in [0.25, 0.3) is 0 Å². The Kier molecular flexibility index (Phi) is 4.24. The molecule has 0 aliphatic rings. The molecule has 0 bridgehead atoms. The minimum absolute atomic E-state index is 0.204. The van der Waals surface area contributed by atoms with Gasteiger partial charge < -0.3 is 19.3 Å². The molecule has 0 spiro atoms.